The summed E-state index contributed by atoms with van der Waals surface area (Å²) in [5, 5.41) is 14.1. The third kappa shape index (κ3) is 7.86. The second-order valence-electron chi connectivity index (χ2n) is 19.3. The van der Waals surface area contributed by atoms with Crippen LogP contribution in [0.15, 0.2) is 99.6 Å². The molecule has 358 valence electrons. The fourth-order valence-corrected chi connectivity index (χ4v) is 14.6. The molecule has 0 spiro atoms. The Labute approximate surface area is 391 Å². The lowest BCUT2D eigenvalue weighted by Crippen LogP contribution is -2.82. The maximum atomic E-state index is 16.3. The molecule has 2 aliphatic heterocycles. The van der Waals surface area contributed by atoms with Crippen LogP contribution in [0.4, 0.5) is 0 Å². The number of aliphatic imine (C=N–C) groups is 1. The van der Waals surface area contributed by atoms with E-state index in [9.17, 15) is 24.3 Å². The van der Waals surface area contributed by atoms with Crippen LogP contribution in [-0.4, -0.2) is 103 Å². The van der Waals surface area contributed by atoms with Gasteiger partial charge in [0.25, 0.3) is 0 Å². The molecule has 16 heteroatoms. The van der Waals surface area contributed by atoms with E-state index in [-0.39, 0.29) is 30.1 Å². The molecule has 2 saturated carbocycles. The minimum atomic E-state index is -2.61. The van der Waals surface area contributed by atoms with Crippen LogP contribution in [0.3, 0.4) is 0 Å². The second-order valence-corrected chi connectivity index (χ2v) is 24.0. The summed E-state index contributed by atoms with van der Waals surface area (Å²) in [4.78, 5) is 77.3. The maximum absolute atomic E-state index is 16.3. The first-order valence-corrected chi connectivity index (χ1v) is 25.8. The van der Waals surface area contributed by atoms with Crippen LogP contribution in [-0.2, 0) is 52.0 Å². The van der Waals surface area contributed by atoms with Crippen molar-refractivity contribution in [3.8, 4) is 0 Å². The van der Waals surface area contributed by atoms with E-state index < -0.39 is 115 Å². The Balaban J connectivity index is 1.33. The molecule has 0 radical (unpaired) electrons. The van der Waals surface area contributed by atoms with Gasteiger partial charge >= 0.3 is 23.9 Å². The molecule has 11 atom stereocenters. The number of fused-ring (bicyclic) bond motifs is 5. The Kier molecular flexibility index (Phi) is 12.8. The average Bonchev–Trinajstić information content (AvgIpc) is 4.01. The van der Waals surface area contributed by atoms with Crippen molar-refractivity contribution in [2.75, 3.05) is 6.61 Å². The van der Waals surface area contributed by atoms with E-state index in [0.717, 1.165) is 0 Å². The van der Waals surface area contributed by atoms with Gasteiger partial charge in [0.2, 0.25) is 12.0 Å². The van der Waals surface area contributed by atoms with E-state index >= 15 is 4.79 Å². The van der Waals surface area contributed by atoms with Crippen molar-refractivity contribution >= 4 is 43.9 Å². The number of aliphatic hydroxyl groups is 1. The number of ether oxygens (including phenoxy) is 6. The zero-order chi connectivity index (χ0) is 48.3. The number of nitrogens with zero attached hydrogens (tertiary/aromatic N) is 1. The molecule has 15 nitrogen and oxygen atoms in total. The molecule has 3 aliphatic carbocycles. The summed E-state index contributed by atoms with van der Waals surface area (Å²) in [5.74, 6) is -4.64. The molecular formula is C51H61NO14Si. The number of esters is 4. The van der Waals surface area contributed by atoms with Gasteiger partial charge in [-0.1, -0.05) is 71.0 Å². The first-order valence-electron chi connectivity index (χ1n) is 23.2. The van der Waals surface area contributed by atoms with Crippen LogP contribution >= 0.6 is 0 Å². The van der Waals surface area contributed by atoms with Crippen LogP contribution in [0.1, 0.15) is 103 Å². The van der Waals surface area contributed by atoms with Crippen molar-refractivity contribution in [3.05, 3.63) is 107 Å². The summed E-state index contributed by atoms with van der Waals surface area (Å²) in [7, 11) is -2.61. The summed E-state index contributed by atoms with van der Waals surface area (Å²) in [6.45, 7) is 15.1. The van der Waals surface area contributed by atoms with Gasteiger partial charge in [-0.05, 0) is 79.5 Å². The molecule has 3 aromatic rings. The fourth-order valence-electron chi connectivity index (χ4n) is 11.7. The Bertz CT molecular complexity index is 2440. The number of Topliss-reactive ketones (excluding diaryl/α,β-unsaturated/α-hetero) is 1. The first-order chi connectivity index (χ1) is 31.8. The maximum Gasteiger partial charge on any atom is 0.350 e. The first kappa shape index (κ1) is 48.0. The van der Waals surface area contributed by atoms with Crippen molar-refractivity contribution in [2.45, 2.75) is 147 Å². The molecule has 1 N–H and O–H groups in total. The molecule has 1 aromatic heterocycles. The van der Waals surface area contributed by atoms with E-state index in [1.807, 2.05) is 18.2 Å². The molecule has 2 bridgehead atoms. The topological polar surface area (TPSA) is 196 Å². The number of carbonyl (C=O) groups is 5. The third-order valence-corrected chi connectivity index (χ3v) is 20.3. The Morgan fingerprint density at radius 1 is 0.866 bits per heavy atom. The van der Waals surface area contributed by atoms with Gasteiger partial charge in [-0.15, -0.1) is 0 Å². The number of hydrogen-bond donors (Lipinski definition) is 1. The van der Waals surface area contributed by atoms with E-state index in [2.05, 4.69) is 20.8 Å². The van der Waals surface area contributed by atoms with Gasteiger partial charge in [0.15, 0.2) is 31.8 Å². The van der Waals surface area contributed by atoms with Crippen molar-refractivity contribution in [2.24, 2.45) is 21.7 Å². The standard InChI is InChI=1S/C51H61NO14Si/c1-10-67(11-2,12-3)66-36-26-37-50(28-60-37,65-31(6)54)42-44(64-46(56)33-22-17-14-18-23-33)51(58)27-35(29(4)38(48(51,7)8)40(61-30(5)53)43(55)49(36,42)9)62-47(57)41-39(34-24-19-25-59-34)52-45(63-41)32-20-15-13-16-21-32/h13-25,35-37,39-42,44,58H,10-12,26-28H2,1-9H3/t35?,36?,37?,39-,40?,41?,42?,44?,49+,50?,51?/m0/s1. The van der Waals surface area contributed by atoms with E-state index in [4.69, 9.17) is 42.3 Å². The van der Waals surface area contributed by atoms with Crippen molar-refractivity contribution < 1.29 is 66.3 Å². The third-order valence-electron chi connectivity index (χ3n) is 15.6. The molecule has 67 heavy (non-hydrogen) atoms. The van der Waals surface area contributed by atoms with Crippen LogP contribution in [0.5, 0.6) is 0 Å². The van der Waals surface area contributed by atoms with Crippen LogP contribution in [0.25, 0.3) is 0 Å². The molecule has 5 aliphatic rings. The summed E-state index contributed by atoms with van der Waals surface area (Å²) < 4.78 is 51.3. The molecule has 3 heterocycles. The lowest BCUT2D eigenvalue weighted by Gasteiger charge is -2.68. The van der Waals surface area contributed by atoms with Gasteiger partial charge in [-0.3, -0.25) is 14.4 Å². The number of carbonyl (C=O) groups excluding carboxylic acids is 5. The minimum Gasteiger partial charge on any atom is -0.467 e. The van der Waals surface area contributed by atoms with Gasteiger partial charge in [-0.25, -0.2) is 14.6 Å². The monoisotopic (exact) mass is 939 g/mol. The second kappa shape index (κ2) is 17.9. The molecule has 8 rings (SSSR count). The summed E-state index contributed by atoms with van der Waals surface area (Å²) >= 11 is 0. The largest absolute Gasteiger partial charge is 0.467 e. The van der Waals surface area contributed by atoms with Crippen LogP contribution in [0.2, 0.25) is 18.1 Å². The number of rotatable bonds is 13. The SMILES string of the molecule is CC[Si](CC)(CC)OC1CC2OCC2(OC(C)=O)C2C(OC(=O)c3ccccc3)C3(O)CC(OC(=O)C4OC(c5ccccc5)=N[C@H]4c4ccco4)C(C)=C(C(OC(C)=O)C(=O)[C@]12C)C3(C)C. The predicted molar refractivity (Wildman–Crippen MR) is 244 cm³/mol. The molecule has 9 unspecified atom stereocenters. The van der Waals surface area contributed by atoms with Crippen molar-refractivity contribution in [1.29, 1.82) is 0 Å². The van der Waals surface area contributed by atoms with Crippen LogP contribution in [0, 0.1) is 16.7 Å². The molecule has 2 aromatic carbocycles. The fraction of sp³-hybridized carbons (Fsp3) is 0.529. The van der Waals surface area contributed by atoms with E-state index in [0.29, 0.717) is 35.0 Å². The van der Waals surface area contributed by atoms with Gasteiger partial charge in [0, 0.05) is 37.7 Å². The van der Waals surface area contributed by atoms with Gasteiger partial charge < -0.3 is 42.4 Å². The Morgan fingerprint density at radius 3 is 2.09 bits per heavy atom. The number of hydrogen-bond acceptors (Lipinski definition) is 15. The normalized spacial score (nSPS) is 33.0. The highest BCUT2D eigenvalue weighted by atomic mass is 28.4. The van der Waals surface area contributed by atoms with Gasteiger partial charge in [-0.2, -0.15) is 0 Å². The lowest BCUT2D eigenvalue weighted by atomic mass is 9.44. The lowest BCUT2D eigenvalue weighted by molar-refractivity contribution is -0.344. The highest BCUT2D eigenvalue weighted by molar-refractivity contribution is 6.73. The highest BCUT2D eigenvalue weighted by Gasteiger charge is 2.79. The molecular weight excluding hydrogens is 879 g/mol. The van der Waals surface area contributed by atoms with Crippen LogP contribution < -0.4 is 0 Å². The van der Waals surface area contributed by atoms with Gasteiger partial charge in [0.05, 0.1) is 35.9 Å². The van der Waals surface area contributed by atoms with Crippen molar-refractivity contribution in [3.63, 3.8) is 0 Å². The quantitative estimate of drug-likeness (QED) is 0.0770. The summed E-state index contributed by atoms with van der Waals surface area (Å²) in [6, 6.07) is 21.8. The zero-order valence-corrected chi connectivity index (χ0v) is 40.6. The minimum absolute atomic E-state index is 0.109. The molecule has 1 saturated heterocycles. The number of furan rings is 1. The summed E-state index contributed by atoms with van der Waals surface area (Å²) in [5.41, 5.74) is -6.02. The Morgan fingerprint density at radius 2 is 1.52 bits per heavy atom. The predicted octanol–water partition coefficient (Wildman–Crippen LogP) is 7.41. The number of benzene rings is 2. The highest BCUT2D eigenvalue weighted by Crippen LogP contribution is 2.65. The molecule has 3 fully saturated rings. The Hall–Kier alpha value is -5.42. The smallest absolute Gasteiger partial charge is 0.350 e. The molecule has 0 amide bonds. The zero-order valence-electron chi connectivity index (χ0n) is 39.6. The van der Waals surface area contributed by atoms with E-state index in [1.54, 1.807) is 82.3 Å². The van der Waals surface area contributed by atoms with E-state index in [1.165, 1.54) is 20.1 Å². The number of ketones is 1. The average molecular weight is 940 g/mol. The summed E-state index contributed by atoms with van der Waals surface area (Å²) in [6.07, 6.45) is -6.67. The van der Waals surface area contributed by atoms with Gasteiger partial charge in [0.1, 0.15) is 29.7 Å². The van der Waals surface area contributed by atoms with Crippen molar-refractivity contribution in [1.82, 2.24) is 0 Å².